The van der Waals surface area contributed by atoms with Gasteiger partial charge in [-0.3, -0.25) is 4.79 Å². The molecule has 23 heavy (non-hydrogen) atoms. The quantitative estimate of drug-likeness (QED) is 0.732. The van der Waals surface area contributed by atoms with Gasteiger partial charge in [-0.2, -0.15) is 0 Å². The first-order chi connectivity index (χ1) is 11.2. The summed E-state index contributed by atoms with van der Waals surface area (Å²) in [4.78, 5) is 15.7. The molecule has 116 valence electrons. The second kappa shape index (κ2) is 5.74. The number of hydrogen-bond acceptors (Lipinski definition) is 1. The van der Waals surface area contributed by atoms with Gasteiger partial charge >= 0.3 is 0 Å². The Kier molecular flexibility index (Phi) is 3.58. The van der Waals surface area contributed by atoms with Crippen molar-refractivity contribution in [2.45, 2.75) is 25.3 Å². The van der Waals surface area contributed by atoms with Gasteiger partial charge in [-0.1, -0.05) is 41.9 Å². The lowest BCUT2D eigenvalue weighted by atomic mass is 9.88. The largest absolute Gasteiger partial charge is 0.350 e. The number of amides is 1. The molecular formula is C19H17ClN2O. The van der Waals surface area contributed by atoms with Gasteiger partial charge in [-0.25, -0.2) is 0 Å². The highest BCUT2D eigenvalue weighted by Gasteiger charge is 2.21. The highest BCUT2D eigenvalue weighted by Crippen LogP contribution is 2.22. The molecule has 0 saturated carbocycles. The second-order valence-electron chi connectivity index (χ2n) is 6.10. The number of fused-ring (bicyclic) bond motifs is 2. The van der Waals surface area contributed by atoms with Gasteiger partial charge in [0.25, 0.3) is 5.91 Å². The van der Waals surface area contributed by atoms with Crippen LogP contribution in [0.5, 0.6) is 0 Å². The maximum absolute atomic E-state index is 12.5. The Morgan fingerprint density at radius 2 is 1.96 bits per heavy atom. The van der Waals surface area contributed by atoms with E-state index in [1.165, 1.54) is 11.1 Å². The molecule has 1 aliphatic rings. The maximum Gasteiger partial charge on any atom is 0.267 e. The molecule has 1 aromatic heterocycles. The Labute approximate surface area is 139 Å². The van der Waals surface area contributed by atoms with E-state index in [9.17, 15) is 4.79 Å². The zero-order chi connectivity index (χ0) is 15.8. The van der Waals surface area contributed by atoms with Crippen molar-refractivity contribution in [2.24, 2.45) is 0 Å². The Balaban J connectivity index is 1.51. The third-order valence-electron chi connectivity index (χ3n) is 4.51. The molecule has 3 nitrogen and oxygen atoms in total. The van der Waals surface area contributed by atoms with Crippen LogP contribution in [0.2, 0.25) is 5.02 Å². The molecule has 0 bridgehead atoms. The highest BCUT2D eigenvalue weighted by atomic mass is 35.5. The van der Waals surface area contributed by atoms with Gasteiger partial charge in [0.15, 0.2) is 0 Å². The smallest absolute Gasteiger partial charge is 0.267 e. The number of halogens is 1. The average molecular weight is 325 g/mol. The molecule has 4 rings (SSSR count). The number of aryl methyl sites for hydroxylation is 1. The first-order valence-corrected chi connectivity index (χ1v) is 8.23. The van der Waals surface area contributed by atoms with Crippen LogP contribution in [0.1, 0.15) is 28.0 Å². The number of carbonyl (C=O) groups is 1. The van der Waals surface area contributed by atoms with Crippen molar-refractivity contribution in [1.29, 1.82) is 0 Å². The normalized spacial score (nSPS) is 17.0. The van der Waals surface area contributed by atoms with E-state index in [1.807, 2.05) is 24.3 Å². The first kappa shape index (κ1) is 14.3. The van der Waals surface area contributed by atoms with Crippen LogP contribution in [-0.2, 0) is 12.8 Å². The van der Waals surface area contributed by atoms with Crippen LogP contribution in [0.4, 0.5) is 0 Å². The van der Waals surface area contributed by atoms with Crippen LogP contribution in [0.25, 0.3) is 10.9 Å². The van der Waals surface area contributed by atoms with Crippen molar-refractivity contribution in [1.82, 2.24) is 10.3 Å². The van der Waals surface area contributed by atoms with Gasteiger partial charge < -0.3 is 10.3 Å². The van der Waals surface area contributed by atoms with Gasteiger partial charge in [-0.15, -0.1) is 0 Å². The summed E-state index contributed by atoms with van der Waals surface area (Å²) in [6, 6.07) is 16.1. The molecule has 0 saturated heterocycles. The summed E-state index contributed by atoms with van der Waals surface area (Å²) in [5.74, 6) is -0.0540. The Morgan fingerprint density at radius 3 is 2.83 bits per heavy atom. The summed E-state index contributed by atoms with van der Waals surface area (Å²) >= 11 is 5.99. The number of nitrogens with one attached hydrogen (secondary N) is 2. The van der Waals surface area contributed by atoms with Crippen molar-refractivity contribution < 1.29 is 4.79 Å². The van der Waals surface area contributed by atoms with E-state index >= 15 is 0 Å². The molecular weight excluding hydrogens is 308 g/mol. The second-order valence-corrected chi connectivity index (χ2v) is 6.53. The van der Waals surface area contributed by atoms with E-state index in [1.54, 1.807) is 0 Å². The van der Waals surface area contributed by atoms with E-state index in [0.717, 1.165) is 30.2 Å². The molecule has 2 aromatic carbocycles. The molecule has 0 aliphatic heterocycles. The number of benzene rings is 2. The lowest BCUT2D eigenvalue weighted by Crippen LogP contribution is -2.38. The minimum atomic E-state index is -0.0540. The summed E-state index contributed by atoms with van der Waals surface area (Å²) in [6.07, 6.45) is 2.90. The summed E-state index contributed by atoms with van der Waals surface area (Å²) in [5, 5.41) is 4.80. The maximum atomic E-state index is 12.5. The molecule has 2 N–H and O–H groups in total. The summed E-state index contributed by atoms with van der Waals surface area (Å²) in [7, 11) is 0. The third-order valence-corrected chi connectivity index (χ3v) is 4.75. The van der Waals surface area contributed by atoms with E-state index in [2.05, 4.69) is 34.6 Å². The van der Waals surface area contributed by atoms with Crippen molar-refractivity contribution in [3.8, 4) is 0 Å². The zero-order valence-electron chi connectivity index (χ0n) is 12.6. The standard InChI is InChI=1S/C19H17ClN2O/c20-15-7-5-14-10-18(22-17(14)11-15)19(23)21-16-8-6-12-3-1-2-4-13(12)9-16/h1-5,7,10-11,16,22H,6,8-9H2,(H,21,23). The van der Waals surface area contributed by atoms with Crippen LogP contribution in [0.15, 0.2) is 48.5 Å². The number of aromatic amines is 1. The number of hydrogen-bond donors (Lipinski definition) is 2. The lowest BCUT2D eigenvalue weighted by Gasteiger charge is -2.25. The molecule has 4 heteroatoms. The van der Waals surface area contributed by atoms with Gasteiger partial charge in [0.2, 0.25) is 0 Å². The molecule has 0 fully saturated rings. The minimum Gasteiger partial charge on any atom is -0.350 e. The third kappa shape index (κ3) is 2.84. The predicted molar refractivity (Wildman–Crippen MR) is 93.0 cm³/mol. The SMILES string of the molecule is O=C(NC1CCc2ccccc2C1)c1cc2ccc(Cl)cc2[nH]1. The van der Waals surface area contributed by atoms with Gasteiger partial charge in [0.1, 0.15) is 5.69 Å². The predicted octanol–water partition coefficient (Wildman–Crippen LogP) is 4.11. The number of carbonyl (C=O) groups excluding carboxylic acids is 1. The van der Waals surface area contributed by atoms with Crippen LogP contribution < -0.4 is 5.32 Å². The van der Waals surface area contributed by atoms with E-state index in [4.69, 9.17) is 11.6 Å². The van der Waals surface area contributed by atoms with Gasteiger partial charge in [0.05, 0.1) is 0 Å². The fourth-order valence-corrected chi connectivity index (χ4v) is 3.48. The molecule has 0 radical (unpaired) electrons. The van der Waals surface area contributed by atoms with Gasteiger partial charge in [-0.05, 0) is 48.6 Å². The zero-order valence-corrected chi connectivity index (χ0v) is 13.4. The van der Waals surface area contributed by atoms with Gasteiger partial charge in [0, 0.05) is 22.0 Å². The Morgan fingerprint density at radius 1 is 1.13 bits per heavy atom. The van der Waals surface area contributed by atoms with Crippen LogP contribution in [-0.4, -0.2) is 16.9 Å². The van der Waals surface area contributed by atoms with E-state index < -0.39 is 0 Å². The fraction of sp³-hybridized carbons (Fsp3) is 0.211. The van der Waals surface area contributed by atoms with Crippen molar-refractivity contribution in [3.05, 3.63) is 70.4 Å². The molecule has 0 spiro atoms. The molecule has 1 unspecified atom stereocenters. The molecule has 3 aromatic rings. The Bertz CT molecular complexity index is 884. The van der Waals surface area contributed by atoms with E-state index in [-0.39, 0.29) is 11.9 Å². The van der Waals surface area contributed by atoms with E-state index in [0.29, 0.717) is 10.7 Å². The van der Waals surface area contributed by atoms with Crippen molar-refractivity contribution in [3.63, 3.8) is 0 Å². The highest BCUT2D eigenvalue weighted by molar-refractivity contribution is 6.31. The summed E-state index contributed by atoms with van der Waals surface area (Å²) in [5.41, 5.74) is 4.21. The first-order valence-electron chi connectivity index (χ1n) is 7.85. The molecule has 1 heterocycles. The average Bonchev–Trinajstić information content (AvgIpc) is 2.98. The molecule has 1 aliphatic carbocycles. The summed E-state index contributed by atoms with van der Waals surface area (Å²) < 4.78 is 0. The van der Waals surface area contributed by atoms with Crippen LogP contribution in [0, 0.1) is 0 Å². The fourth-order valence-electron chi connectivity index (χ4n) is 3.31. The molecule has 1 atom stereocenters. The lowest BCUT2D eigenvalue weighted by molar-refractivity contribution is 0.0929. The topological polar surface area (TPSA) is 44.9 Å². The van der Waals surface area contributed by atoms with Crippen molar-refractivity contribution >= 4 is 28.4 Å². The van der Waals surface area contributed by atoms with Crippen LogP contribution >= 0.6 is 11.6 Å². The number of rotatable bonds is 2. The Hall–Kier alpha value is -2.26. The van der Waals surface area contributed by atoms with Crippen LogP contribution in [0.3, 0.4) is 0 Å². The van der Waals surface area contributed by atoms with Crippen molar-refractivity contribution in [2.75, 3.05) is 0 Å². The number of aromatic nitrogens is 1. The monoisotopic (exact) mass is 324 g/mol. The minimum absolute atomic E-state index is 0.0540. The number of H-pyrrole nitrogens is 1. The molecule has 1 amide bonds. The summed E-state index contributed by atoms with van der Waals surface area (Å²) in [6.45, 7) is 0.